The molecule has 11 heteroatoms. The van der Waals surface area contributed by atoms with Crippen LogP contribution in [-0.2, 0) is 28.0 Å². The Morgan fingerprint density at radius 2 is 1.60 bits per heavy atom. The lowest BCUT2D eigenvalue weighted by molar-refractivity contribution is 0.0970. The zero-order valence-corrected chi connectivity index (χ0v) is 28.4. The highest BCUT2D eigenvalue weighted by atomic mass is 79.9. The van der Waals surface area contributed by atoms with E-state index in [1.54, 1.807) is 60.9 Å². The standard InChI is InChI=1S/C37H32BrN5O4S/c38-29-14-12-28(13-15-29)36(44)27-10-6-26(7-11-27)23-47-24-34-41-33-22-40-37-32(19-21-42(37)48(45,46)31-4-2-1-3-5-31)35(33)43(34)30-16-8-25(9-17-30)18-20-39/h1-7,10-15,19,21-22,25,30H,8-9,16-18,23-24H2. The quantitative estimate of drug-likeness (QED) is 0.132. The zero-order chi connectivity index (χ0) is 33.3. The van der Waals surface area contributed by atoms with Crippen molar-refractivity contribution < 1.29 is 17.9 Å². The van der Waals surface area contributed by atoms with E-state index in [1.807, 2.05) is 36.4 Å². The Morgan fingerprint density at radius 1 is 0.917 bits per heavy atom. The number of imidazole rings is 1. The second-order valence-corrected chi connectivity index (χ2v) is 14.9. The molecule has 48 heavy (non-hydrogen) atoms. The molecule has 0 N–H and O–H groups in total. The van der Waals surface area contributed by atoms with Crippen molar-refractivity contribution in [3.05, 3.63) is 124 Å². The summed E-state index contributed by atoms with van der Waals surface area (Å²) in [4.78, 5) is 22.6. The number of hydrogen-bond donors (Lipinski definition) is 0. The maximum Gasteiger partial charge on any atom is 0.269 e. The van der Waals surface area contributed by atoms with E-state index in [1.165, 1.54) is 3.97 Å². The van der Waals surface area contributed by atoms with Gasteiger partial charge in [0.05, 0.1) is 29.3 Å². The van der Waals surface area contributed by atoms with Crippen LogP contribution in [0.5, 0.6) is 0 Å². The third kappa shape index (κ3) is 6.19. The van der Waals surface area contributed by atoms with Crippen molar-refractivity contribution in [2.45, 2.75) is 56.3 Å². The van der Waals surface area contributed by atoms with Crippen LogP contribution >= 0.6 is 15.9 Å². The van der Waals surface area contributed by atoms with Gasteiger partial charge in [0.15, 0.2) is 11.4 Å². The summed E-state index contributed by atoms with van der Waals surface area (Å²) >= 11 is 3.40. The number of ether oxygens (including phenoxy) is 1. The first-order valence-electron chi connectivity index (χ1n) is 15.8. The van der Waals surface area contributed by atoms with Crippen LogP contribution in [0.4, 0.5) is 0 Å². The fourth-order valence-electron chi connectivity index (χ4n) is 6.61. The minimum Gasteiger partial charge on any atom is -0.369 e. The van der Waals surface area contributed by atoms with Crippen LogP contribution in [0.3, 0.4) is 0 Å². The molecule has 0 amide bonds. The molecule has 6 aromatic rings. The summed E-state index contributed by atoms with van der Waals surface area (Å²) < 4.78 is 37.8. The van der Waals surface area contributed by atoms with E-state index in [-0.39, 0.29) is 23.3 Å². The Balaban J connectivity index is 1.17. The summed E-state index contributed by atoms with van der Waals surface area (Å²) in [5.74, 6) is 1.07. The van der Waals surface area contributed by atoms with E-state index in [2.05, 4.69) is 31.6 Å². The summed E-state index contributed by atoms with van der Waals surface area (Å²) in [5.41, 5.74) is 4.00. The van der Waals surface area contributed by atoms with Crippen molar-refractivity contribution in [1.29, 1.82) is 5.26 Å². The average molecular weight is 723 g/mol. The number of hydrogen-bond acceptors (Lipinski definition) is 7. The number of benzene rings is 3. The number of rotatable bonds is 10. The Hall–Kier alpha value is -4.63. The van der Waals surface area contributed by atoms with Crippen molar-refractivity contribution in [3.63, 3.8) is 0 Å². The monoisotopic (exact) mass is 721 g/mol. The van der Waals surface area contributed by atoms with E-state index >= 15 is 0 Å². The van der Waals surface area contributed by atoms with Crippen LogP contribution in [0.1, 0.15) is 65.5 Å². The number of carbonyl (C=O) groups is 1. The summed E-state index contributed by atoms with van der Waals surface area (Å²) in [6, 6.07) is 27.3. The minimum atomic E-state index is -3.86. The third-order valence-corrected chi connectivity index (χ3v) is 11.3. The molecule has 3 aromatic carbocycles. The molecule has 1 fully saturated rings. The first kappa shape index (κ1) is 31.9. The van der Waals surface area contributed by atoms with Gasteiger partial charge in [-0.05, 0) is 79.6 Å². The highest BCUT2D eigenvalue weighted by Gasteiger charge is 2.28. The van der Waals surface area contributed by atoms with Gasteiger partial charge >= 0.3 is 0 Å². The lowest BCUT2D eigenvalue weighted by atomic mass is 9.84. The molecule has 0 saturated heterocycles. The van der Waals surface area contributed by atoms with Crippen molar-refractivity contribution in [2.24, 2.45) is 5.92 Å². The molecule has 3 aromatic heterocycles. The number of pyridine rings is 1. The second kappa shape index (κ2) is 13.5. The number of halogens is 1. The molecule has 0 spiro atoms. The smallest absolute Gasteiger partial charge is 0.269 e. The third-order valence-electron chi connectivity index (χ3n) is 9.09. The van der Waals surface area contributed by atoms with Gasteiger partial charge in [0, 0.05) is 39.6 Å². The summed E-state index contributed by atoms with van der Waals surface area (Å²) in [6.45, 7) is 0.557. The van der Waals surface area contributed by atoms with E-state index < -0.39 is 10.0 Å². The van der Waals surface area contributed by atoms with Gasteiger partial charge in [-0.2, -0.15) is 5.26 Å². The molecule has 0 atom stereocenters. The molecule has 0 bridgehead atoms. The maximum atomic E-state index is 13.6. The van der Waals surface area contributed by atoms with Gasteiger partial charge in [-0.15, -0.1) is 0 Å². The van der Waals surface area contributed by atoms with Crippen molar-refractivity contribution in [1.82, 2.24) is 18.5 Å². The minimum absolute atomic E-state index is 0.0431. The maximum absolute atomic E-state index is 13.6. The molecule has 7 rings (SSSR count). The molecule has 242 valence electrons. The molecular weight excluding hydrogens is 690 g/mol. The molecular formula is C37H32BrN5O4S. The fourth-order valence-corrected chi connectivity index (χ4v) is 8.19. The van der Waals surface area contributed by atoms with Crippen LogP contribution in [0.15, 0.2) is 107 Å². The van der Waals surface area contributed by atoms with Gasteiger partial charge in [0.1, 0.15) is 17.9 Å². The highest BCUT2D eigenvalue weighted by molar-refractivity contribution is 9.10. The van der Waals surface area contributed by atoms with Gasteiger partial charge in [0.2, 0.25) is 0 Å². The second-order valence-electron chi connectivity index (χ2n) is 12.1. The van der Waals surface area contributed by atoms with E-state index in [9.17, 15) is 18.5 Å². The van der Waals surface area contributed by atoms with Crippen LogP contribution in [-0.4, -0.2) is 32.7 Å². The molecule has 1 aliphatic rings. The Labute approximate surface area is 287 Å². The predicted octanol–water partition coefficient (Wildman–Crippen LogP) is 7.98. The summed E-state index contributed by atoms with van der Waals surface area (Å²) in [5, 5.41) is 9.96. The Morgan fingerprint density at radius 3 is 2.29 bits per heavy atom. The number of ketones is 1. The molecule has 0 radical (unpaired) electrons. The molecule has 1 aliphatic carbocycles. The topological polar surface area (TPSA) is 120 Å². The molecule has 9 nitrogen and oxygen atoms in total. The van der Waals surface area contributed by atoms with Gasteiger partial charge in [-0.25, -0.2) is 22.4 Å². The summed E-state index contributed by atoms with van der Waals surface area (Å²) in [7, 11) is -3.86. The van der Waals surface area contributed by atoms with Crippen LogP contribution in [0, 0.1) is 17.2 Å². The van der Waals surface area contributed by atoms with Gasteiger partial charge in [-0.1, -0.05) is 58.4 Å². The van der Waals surface area contributed by atoms with Gasteiger partial charge in [-0.3, -0.25) is 4.79 Å². The molecule has 3 heterocycles. The van der Waals surface area contributed by atoms with Crippen molar-refractivity contribution in [2.75, 3.05) is 0 Å². The average Bonchev–Trinajstić information content (AvgIpc) is 3.72. The van der Waals surface area contributed by atoms with Crippen molar-refractivity contribution >= 4 is 53.8 Å². The summed E-state index contributed by atoms with van der Waals surface area (Å²) in [6.07, 6.45) is 7.37. The Bertz CT molecular complexity index is 2250. The number of nitrogens with zero attached hydrogens (tertiary/aromatic N) is 5. The van der Waals surface area contributed by atoms with Crippen LogP contribution in [0.2, 0.25) is 0 Å². The van der Waals surface area contributed by atoms with E-state index in [0.717, 1.165) is 47.1 Å². The fraction of sp³-hybridized carbons (Fsp3) is 0.243. The number of fused-ring (bicyclic) bond motifs is 3. The van der Waals surface area contributed by atoms with Crippen molar-refractivity contribution in [3.8, 4) is 6.07 Å². The first-order chi connectivity index (χ1) is 23.3. The lowest BCUT2D eigenvalue weighted by Crippen LogP contribution is -2.20. The largest absolute Gasteiger partial charge is 0.369 e. The van der Waals surface area contributed by atoms with Gasteiger partial charge < -0.3 is 9.30 Å². The van der Waals surface area contributed by atoms with E-state index in [4.69, 9.17) is 9.72 Å². The van der Waals surface area contributed by atoms with Gasteiger partial charge in [0.25, 0.3) is 10.0 Å². The normalized spacial score (nSPS) is 16.7. The molecule has 0 unspecified atom stereocenters. The molecule has 1 saturated carbocycles. The van der Waals surface area contributed by atoms with Crippen LogP contribution in [0.25, 0.3) is 22.1 Å². The number of nitriles is 1. The lowest BCUT2D eigenvalue weighted by Gasteiger charge is -2.30. The Kier molecular flexibility index (Phi) is 8.96. The highest BCUT2D eigenvalue weighted by Crippen LogP contribution is 2.38. The number of carbonyl (C=O) groups excluding carboxylic acids is 1. The van der Waals surface area contributed by atoms with E-state index in [0.29, 0.717) is 46.6 Å². The van der Waals surface area contributed by atoms with Crippen LogP contribution < -0.4 is 0 Å². The first-order valence-corrected chi connectivity index (χ1v) is 18.1. The predicted molar refractivity (Wildman–Crippen MR) is 186 cm³/mol. The zero-order valence-electron chi connectivity index (χ0n) is 26.0. The molecule has 0 aliphatic heterocycles. The number of aromatic nitrogens is 4. The SMILES string of the molecule is N#CCC1CCC(n2c(COCc3ccc(C(=O)c4ccc(Br)cc4)cc3)nc3cnc4c(ccn4S(=O)(=O)c4ccccc4)c32)CC1.